The molecule has 0 amide bonds. The molecule has 10 heavy (non-hydrogen) atoms. The van der Waals surface area contributed by atoms with Gasteiger partial charge in [0, 0.05) is 5.33 Å². The van der Waals surface area contributed by atoms with Crippen LogP contribution in [0.2, 0.25) is 0 Å². The number of fused-ring (bicyclic) bond motifs is 1. The molecule has 1 aromatic carbocycles. The van der Waals surface area contributed by atoms with E-state index >= 15 is 0 Å². The van der Waals surface area contributed by atoms with Crippen molar-refractivity contribution in [2.45, 2.75) is 12.3 Å². The van der Waals surface area contributed by atoms with Crippen molar-refractivity contribution < 1.29 is 0 Å². The molecule has 0 spiro atoms. The van der Waals surface area contributed by atoms with Gasteiger partial charge in [-0.3, -0.25) is 0 Å². The topological polar surface area (TPSA) is 0 Å². The summed E-state index contributed by atoms with van der Waals surface area (Å²) in [4.78, 5) is 0. The quantitative estimate of drug-likeness (QED) is 0.607. The van der Waals surface area contributed by atoms with Crippen LogP contribution >= 0.6 is 15.9 Å². The van der Waals surface area contributed by atoms with Gasteiger partial charge >= 0.3 is 0 Å². The Labute approximate surface area is 69.4 Å². The summed E-state index contributed by atoms with van der Waals surface area (Å²) in [5.74, 6) is 0.788. The molecule has 1 aliphatic rings. The van der Waals surface area contributed by atoms with E-state index in [2.05, 4.69) is 40.2 Å². The minimum absolute atomic E-state index is 0.788. The Morgan fingerprint density at radius 1 is 1.40 bits per heavy atom. The van der Waals surface area contributed by atoms with E-state index in [9.17, 15) is 0 Å². The number of hydrogen-bond donors (Lipinski definition) is 0. The zero-order valence-corrected chi connectivity index (χ0v) is 7.26. The first-order valence-electron chi connectivity index (χ1n) is 3.55. The summed E-state index contributed by atoms with van der Waals surface area (Å²) in [7, 11) is 0. The number of halogens is 1. The van der Waals surface area contributed by atoms with Crippen molar-refractivity contribution in [3.05, 3.63) is 35.4 Å². The lowest BCUT2D eigenvalue weighted by Gasteiger charge is -2.28. The van der Waals surface area contributed by atoms with Crippen molar-refractivity contribution in [3.63, 3.8) is 0 Å². The van der Waals surface area contributed by atoms with Crippen molar-refractivity contribution in [3.8, 4) is 0 Å². The highest BCUT2D eigenvalue weighted by Gasteiger charge is 2.23. The zero-order valence-electron chi connectivity index (χ0n) is 5.68. The van der Waals surface area contributed by atoms with Crippen LogP contribution in [0.3, 0.4) is 0 Å². The minimum Gasteiger partial charge on any atom is -0.0921 e. The highest BCUT2D eigenvalue weighted by atomic mass is 79.9. The molecule has 1 aromatic rings. The molecule has 1 unspecified atom stereocenters. The van der Waals surface area contributed by atoms with Crippen LogP contribution in [0.5, 0.6) is 0 Å². The maximum atomic E-state index is 3.50. The summed E-state index contributed by atoms with van der Waals surface area (Å²) in [6.45, 7) is 0. The van der Waals surface area contributed by atoms with E-state index < -0.39 is 0 Å². The van der Waals surface area contributed by atoms with Crippen LogP contribution in [0.25, 0.3) is 0 Å². The van der Waals surface area contributed by atoms with Crippen molar-refractivity contribution in [1.29, 1.82) is 0 Å². The summed E-state index contributed by atoms with van der Waals surface area (Å²) in [5, 5.41) is 1.12. The molecule has 0 heterocycles. The maximum Gasteiger partial charge on any atom is 0.0103 e. The molecule has 0 bridgehead atoms. The number of hydrogen-bond acceptors (Lipinski definition) is 0. The first-order valence-corrected chi connectivity index (χ1v) is 4.67. The van der Waals surface area contributed by atoms with Gasteiger partial charge in [-0.1, -0.05) is 40.2 Å². The van der Waals surface area contributed by atoms with E-state index in [-0.39, 0.29) is 0 Å². The van der Waals surface area contributed by atoms with Crippen molar-refractivity contribution >= 4 is 15.9 Å². The van der Waals surface area contributed by atoms with Crippen molar-refractivity contribution in [1.82, 2.24) is 0 Å². The lowest BCUT2D eigenvalue weighted by molar-refractivity contribution is 0.681. The second kappa shape index (κ2) is 2.39. The van der Waals surface area contributed by atoms with Gasteiger partial charge in [-0.2, -0.15) is 0 Å². The largest absolute Gasteiger partial charge is 0.0921 e. The Balaban J connectivity index is 2.34. The minimum atomic E-state index is 0.788. The maximum absolute atomic E-state index is 3.50. The van der Waals surface area contributed by atoms with E-state index in [4.69, 9.17) is 0 Å². The average molecular weight is 197 g/mol. The Morgan fingerprint density at radius 3 is 2.90 bits per heavy atom. The Bertz CT molecular complexity index is 242. The van der Waals surface area contributed by atoms with E-state index in [1.807, 2.05) is 0 Å². The Morgan fingerprint density at radius 2 is 2.20 bits per heavy atom. The third-order valence-electron chi connectivity index (χ3n) is 2.15. The molecular weight excluding hydrogens is 188 g/mol. The van der Waals surface area contributed by atoms with Gasteiger partial charge in [-0.25, -0.2) is 0 Å². The van der Waals surface area contributed by atoms with Gasteiger partial charge in [0.2, 0.25) is 0 Å². The van der Waals surface area contributed by atoms with Crippen molar-refractivity contribution in [2.75, 3.05) is 5.33 Å². The summed E-state index contributed by atoms with van der Waals surface area (Å²) in [5.41, 5.74) is 3.08. The molecule has 0 fully saturated rings. The molecular formula is C9H9Br. The Kier molecular flexibility index (Phi) is 1.53. The smallest absolute Gasteiger partial charge is 0.0103 e. The fourth-order valence-electron chi connectivity index (χ4n) is 1.50. The van der Waals surface area contributed by atoms with Gasteiger partial charge in [0.25, 0.3) is 0 Å². The van der Waals surface area contributed by atoms with Crippen LogP contribution < -0.4 is 0 Å². The van der Waals surface area contributed by atoms with E-state index in [1.54, 1.807) is 5.56 Å². The third-order valence-corrected chi connectivity index (χ3v) is 2.93. The lowest BCUT2D eigenvalue weighted by atomic mass is 9.79. The van der Waals surface area contributed by atoms with Crippen LogP contribution in [0.15, 0.2) is 24.3 Å². The predicted octanol–water partition coefficient (Wildman–Crippen LogP) is 2.72. The zero-order chi connectivity index (χ0) is 6.97. The van der Waals surface area contributed by atoms with Gasteiger partial charge in [-0.05, 0) is 23.5 Å². The molecule has 0 aromatic heterocycles. The van der Waals surface area contributed by atoms with Gasteiger partial charge in [-0.15, -0.1) is 0 Å². The summed E-state index contributed by atoms with van der Waals surface area (Å²) in [6, 6.07) is 8.68. The van der Waals surface area contributed by atoms with E-state index in [1.165, 1.54) is 12.0 Å². The van der Waals surface area contributed by atoms with Gasteiger partial charge in [0.1, 0.15) is 0 Å². The molecule has 2 rings (SSSR count). The summed E-state index contributed by atoms with van der Waals surface area (Å²) in [6.07, 6.45) is 1.27. The monoisotopic (exact) mass is 196 g/mol. The molecule has 1 atom stereocenters. The second-order valence-electron chi connectivity index (χ2n) is 2.75. The number of rotatable bonds is 1. The summed E-state index contributed by atoms with van der Waals surface area (Å²) < 4.78 is 0. The predicted molar refractivity (Wildman–Crippen MR) is 46.7 cm³/mol. The SMILES string of the molecule is BrCC1Cc2ccccc21. The molecule has 0 saturated heterocycles. The fraction of sp³-hybridized carbons (Fsp3) is 0.333. The van der Waals surface area contributed by atoms with Crippen LogP contribution in [-0.2, 0) is 6.42 Å². The molecule has 1 heteroatoms. The molecule has 0 N–H and O–H groups in total. The molecule has 52 valence electrons. The molecule has 0 saturated carbocycles. The number of alkyl halides is 1. The molecule has 1 aliphatic carbocycles. The third kappa shape index (κ3) is 0.807. The first-order chi connectivity index (χ1) is 4.92. The van der Waals surface area contributed by atoms with E-state index in [0.717, 1.165) is 11.2 Å². The Hall–Kier alpha value is -0.300. The van der Waals surface area contributed by atoms with Crippen molar-refractivity contribution in [2.24, 2.45) is 0 Å². The van der Waals surface area contributed by atoms with Crippen LogP contribution in [-0.4, -0.2) is 5.33 Å². The van der Waals surface area contributed by atoms with E-state index in [0.29, 0.717) is 0 Å². The molecule has 0 aliphatic heterocycles. The normalized spacial score (nSPS) is 21.5. The second-order valence-corrected chi connectivity index (χ2v) is 3.40. The molecule has 0 radical (unpaired) electrons. The number of benzene rings is 1. The highest BCUT2D eigenvalue weighted by Crippen LogP contribution is 2.35. The summed E-state index contributed by atoms with van der Waals surface area (Å²) >= 11 is 3.50. The van der Waals surface area contributed by atoms with Gasteiger partial charge in [0.05, 0.1) is 0 Å². The lowest BCUT2D eigenvalue weighted by Crippen LogP contribution is -2.17. The molecule has 0 nitrogen and oxygen atoms in total. The highest BCUT2D eigenvalue weighted by molar-refractivity contribution is 9.09. The first kappa shape index (κ1) is 6.41. The standard InChI is InChI=1S/C9H9Br/c10-6-8-5-7-3-1-2-4-9(7)8/h1-4,8H,5-6H2. The van der Waals surface area contributed by atoms with Crippen LogP contribution in [0, 0.1) is 0 Å². The van der Waals surface area contributed by atoms with Crippen LogP contribution in [0.1, 0.15) is 17.0 Å². The van der Waals surface area contributed by atoms with Gasteiger partial charge < -0.3 is 0 Å². The van der Waals surface area contributed by atoms with Crippen LogP contribution in [0.4, 0.5) is 0 Å². The van der Waals surface area contributed by atoms with Gasteiger partial charge in [0.15, 0.2) is 0 Å². The average Bonchev–Trinajstić information content (AvgIpc) is 1.92. The fourth-order valence-corrected chi connectivity index (χ4v) is 2.08.